The Balaban J connectivity index is 2.20. The molecule has 2 rings (SSSR count). The number of benzene rings is 1. The van der Waals surface area contributed by atoms with E-state index < -0.39 is 10.0 Å². The van der Waals surface area contributed by atoms with E-state index in [1.807, 2.05) is 0 Å². The summed E-state index contributed by atoms with van der Waals surface area (Å²) in [6.07, 6.45) is 2.61. The fourth-order valence-electron chi connectivity index (χ4n) is 2.76. The fourth-order valence-corrected chi connectivity index (χ4v) is 5.18. The molecule has 1 saturated heterocycles. The zero-order valence-corrected chi connectivity index (χ0v) is 15.5. The molecule has 1 aromatic rings. The largest absolute Gasteiger partial charge is 0.354 e. The molecule has 0 aromatic heterocycles. The van der Waals surface area contributed by atoms with E-state index in [0.29, 0.717) is 13.0 Å². The lowest BCUT2D eigenvalue weighted by molar-refractivity contribution is -0.121. The number of hydrogen-bond donors (Lipinski definition) is 2. The number of piperidine rings is 1. The first-order chi connectivity index (χ1) is 11.3. The van der Waals surface area contributed by atoms with Crippen molar-refractivity contribution < 1.29 is 13.2 Å². The first-order valence-electron chi connectivity index (χ1n) is 7.79. The molecule has 1 aliphatic heterocycles. The van der Waals surface area contributed by atoms with Gasteiger partial charge in [-0.1, -0.05) is 29.6 Å². The Morgan fingerprint density at radius 1 is 1.25 bits per heavy atom. The molecular formula is C15H21Cl2N3O3S. The second kappa shape index (κ2) is 8.49. The Bertz CT molecular complexity index is 677. The summed E-state index contributed by atoms with van der Waals surface area (Å²) in [5, 5.41) is 3.29. The minimum Gasteiger partial charge on any atom is -0.354 e. The number of rotatable bonds is 6. The molecule has 0 aliphatic carbocycles. The summed E-state index contributed by atoms with van der Waals surface area (Å²) < 4.78 is 27.3. The van der Waals surface area contributed by atoms with Gasteiger partial charge in [-0.15, -0.1) is 0 Å². The highest BCUT2D eigenvalue weighted by Crippen LogP contribution is 2.29. The fraction of sp³-hybridized carbons (Fsp3) is 0.533. The lowest BCUT2D eigenvalue weighted by atomic mass is 10.1. The molecule has 1 heterocycles. The lowest BCUT2D eigenvalue weighted by Gasteiger charge is -2.34. The van der Waals surface area contributed by atoms with E-state index in [-0.39, 0.29) is 46.4 Å². The molecular weight excluding hydrogens is 373 g/mol. The normalized spacial score (nSPS) is 19.2. The van der Waals surface area contributed by atoms with Gasteiger partial charge in [0.15, 0.2) is 0 Å². The third-order valence-electron chi connectivity index (χ3n) is 3.92. The summed E-state index contributed by atoms with van der Waals surface area (Å²) in [5.41, 5.74) is 5.35. The number of nitrogens with zero attached hydrogens (tertiary/aromatic N) is 1. The van der Waals surface area contributed by atoms with Crippen molar-refractivity contribution in [1.82, 2.24) is 9.62 Å². The van der Waals surface area contributed by atoms with Crippen molar-refractivity contribution >= 4 is 39.1 Å². The van der Waals surface area contributed by atoms with E-state index in [1.165, 1.54) is 22.5 Å². The lowest BCUT2D eigenvalue weighted by Crippen LogP contribution is -2.49. The topological polar surface area (TPSA) is 92.5 Å². The minimum absolute atomic E-state index is 0.0696. The Hall–Kier alpha value is -0.860. The highest BCUT2D eigenvalue weighted by atomic mass is 35.5. The number of carbonyl (C=O) groups is 1. The first-order valence-corrected chi connectivity index (χ1v) is 9.99. The molecule has 24 heavy (non-hydrogen) atoms. The van der Waals surface area contributed by atoms with Crippen molar-refractivity contribution in [2.75, 3.05) is 19.6 Å². The number of nitrogens with one attached hydrogen (secondary N) is 1. The van der Waals surface area contributed by atoms with Gasteiger partial charge in [0.25, 0.3) is 0 Å². The van der Waals surface area contributed by atoms with Crippen molar-refractivity contribution in [1.29, 1.82) is 0 Å². The third-order valence-corrected chi connectivity index (χ3v) is 6.29. The van der Waals surface area contributed by atoms with Crippen LogP contribution in [0.4, 0.5) is 0 Å². The second-order valence-corrected chi connectivity index (χ2v) is 8.48. The summed E-state index contributed by atoms with van der Waals surface area (Å²) >= 11 is 11.9. The van der Waals surface area contributed by atoms with Gasteiger partial charge in [-0.3, -0.25) is 4.79 Å². The molecule has 0 saturated carbocycles. The van der Waals surface area contributed by atoms with Crippen LogP contribution in [0.2, 0.25) is 10.0 Å². The summed E-state index contributed by atoms with van der Waals surface area (Å²) in [6.45, 7) is 0.940. The van der Waals surface area contributed by atoms with Crippen molar-refractivity contribution in [3.8, 4) is 0 Å². The third kappa shape index (κ3) is 4.83. The van der Waals surface area contributed by atoms with Crippen LogP contribution in [0.3, 0.4) is 0 Å². The standard InChI is InChI=1S/C15H21Cl2N3O3S/c16-11-7-12(17)9-14(8-11)24(22,23)20-6-2-1-3-13(20)10-19-15(21)4-5-18/h7-9,13H,1-6,10,18H2,(H,19,21). The van der Waals surface area contributed by atoms with Crippen LogP contribution in [-0.4, -0.2) is 44.3 Å². The number of sulfonamides is 1. The van der Waals surface area contributed by atoms with Crippen LogP contribution in [-0.2, 0) is 14.8 Å². The van der Waals surface area contributed by atoms with Crippen LogP contribution in [0.1, 0.15) is 25.7 Å². The molecule has 0 bridgehead atoms. The van der Waals surface area contributed by atoms with Crippen LogP contribution in [0, 0.1) is 0 Å². The van der Waals surface area contributed by atoms with Crippen molar-refractivity contribution in [3.63, 3.8) is 0 Å². The van der Waals surface area contributed by atoms with E-state index in [9.17, 15) is 13.2 Å². The summed E-state index contributed by atoms with van der Waals surface area (Å²) in [4.78, 5) is 11.7. The van der Waals surface area contributed by atoms with Crippen molar-refractivity contribution in [2.24, 2.45) is 5.73 Å². The van der Waals surface area contributed by atoms with Crippen LogP contribution in [0.15, 0.2) is 23.1 Å². The second-order valence-electron chi connectivity index (χ2n) is 5.71. The quantitative estimate of drug-likeness (QED) is 0.772. The summed E-state index contributed by atoms with van der Waals surface area (Å²) in [5.74, 6) is -0.175. The van der Waals surface area contributed by atoms with Crippen LogP contribution < -0.4 is 11.1 Å². The molecule has 1 amide bonds. The van der Waals surface area contributed by atoms with E-state index in [4.69, 9.17) is 28.9 Å². The molecule has 3 N–H and O–H groups in total. The maximum atomic E-state index is 12.9. The molecule has 1 atom stereocenters. The highest BCUT2D eigenvalue weighted by Gasteiger charge is 2.33. The zero-order valence-electron chi connectivity index (χ0n) is 13.2. The Morgan fingerprint density at radius 3 is 2.54 bits per heavy atom. The van der Waals surface area contributed by atoms with E-state index >= 15 is 0 Å². The predicted molar refractivity (Wildman–Crippen MR) is 94.7 cm³/mol. The molecule has 1 unspecified atom stereocenters. The average Bonchev–Trinajstić information content (AvgIpc) is 2.52. The van der Waals surface area contributed by atoms with Gasteiger partial charge in [0.1, 0.15) is 0 Å². The molecule has 1 fully saturated rings. The maximum absolute atomic E-state index is 12.9. The zero-order chi connectivity index (χ0) is 17.7. The molecule has 9 heteroatoms. The molecule has 134 valence electrons. The molecule has 1 aliphatic rings. The average molecular weight is 394 g/mol. The number of halogens is 2. The highest BCUT2D eigenvalue weighted by molar-refractivity contribution is 7.89. The molecule has 6 nitrogen and oxygen atoms in total. The predicted octanol–water partition coefficient (Wildman–Crippen LogP) is 2.00. The number of carbonyl (C=O) groups excluding carboxylic acids is 1. The number of nitrogens with two attached hydrogens (primary N) is 1. The van der Waals surface area contributed by atoms with Crippen molar-refractivity contribution in [2.45, 2.75) is 36.6 Å². The van der Waals surface area contributed by atoms with Gasteiger partial charge in [0.2, 0.25) is 15.9 Å². The molecule has 1 aromatic carbocycles. The summed E-state index contributed by atoms with van der Waals surface area (Å²) in [7, 11) is -3.73. The SMILES string of the molecule is NCCC(=O)NCC1CCCCN1S(=O)(=O)c1cc(Cl)cc(Cl)c1. The Kier molecular flexibility index (Phi) is 6.88. The Labute approximate surface area is 152 Å². The maximum Gasteiger partial charge on any atom is 0.243 e. The number of amides is 1. The monoisotopic (exact) mass is 393 g/mol. The van der Waals surface area contributed by atoms with Gasteiger partial charge < -0.3 is 11.1 Å². The van der Waals surface area contributed by atoms with Crippen molar-refractivity contribution in [3.05, 3.63) is 28.2 Å². The van der Waals surface area contributed by atoms with Gasteiger partial charge in [-0.25, -0.2) is 8.42 Å². The van der Waals surface area contributed by atoms with Gasteiger partial charge in [0.05, 0.1) is 4.90 Å². The van der Waals surface area contributed by atoms with Crippen LogP contribution in [0.5, 0.6) is 0 Å². The molecule has 0 radical (unpaired) electrons. The molecule has 0 spiro atoms. The van der Waals surface area contributed by atoms with E-state index in [1.54, 1.807) is 0 Å². The van der Waals surface area contributed by atoms with E-state index in [0.717, 1.165) is 12.8 Å². The van der Waals surface area contributed by atoms with Gasteiger partial charge in [0, 0.05) is 42.1 Å². The first kappa shape index (κ1) is 19.5. The van der Waals surface area contributed by atoms with Gasteiger partial charge >= 0.3 is 0 Å². The van der Waals surface area contributed by atoms with Gasteiger partial charge in [-0.2, -0.15) is 4.31 Å². The number of hydrogen-bond acceptors (Lipinski definition) is 4. The smallest absolute Gasteiger partial charge is 0.243 e. The summed E-state index contributed by atoms with van der Waals surface area (Å²) in [6, 6.07) is 3.98. The van der Waals surface area contributed by atoms with Gasteiger partial charge in [-0.05, 0) is 31.0 Å². The van der Waals surface area contributed by atoms with Crippen LogP contribution >= 0.6 is 23.2 Å². The Morgan fingerprint density at radius 2 is 1.92 bits per heavy atom. The van der Waals surface area contributed by atoms with Crippen LogP contribution in [0.25, 0.3) is 0 Å². The minimum atomic E-state index is -3.73. The van der Waals surface area contributed by atoms with E-state index in [2.05, 4.69) is 5.32 Å².